The fourth-order valence-corrected chi connectivity index (χ4v) is 5.21. The zero-order valence-electron chi connectivity index (χ0n) is 15.9. The molecular weight excluding hydrogens is 362 g/mol. The zero-order chi connectivity index (χ0) is 19.4. The van der Waals surface area contributed by atoms with E-state index in [0.717, 1.165) is 18.7 Å². The number of hydrogen-bond acceptors (Lipinski definition) is 4. The van der Waals surface area contributed by atoms with Gasteiger partial charge in [0.05, 0.1) is 11.5 Å². The van der Waals surface area contributed by atoms with Crippen LogP contribution < -0.4 is 0 Å². The third kappa shape index (κ3) is 4.99. The molecular formula is C20H27N3O3S. The van der Waals surface area contributed by atoms with Gasteiger partial charge in [0.25, 0.3) is 5.91 Å². The third-order valence-electron chi connectivity index (χ3n) is 4.93. The Hall–Kier alpha value is -2.12. The van der Waals surface area contributed by atoms with Crippen molar-refractivity contribution in [3.05, 3.63) is 54.4 Å². The van der Waals surface area contributed by atoms with Crippen LogP contribution in [0.1, 0.15) is 23.2 Å². The number of carbonyl (C=O) groups excluding carboxylic acids is 1. The van der Waals surface area contributed by atoms with Crippen LogP contribution in [0.5, 0.6) is 0 Å². The molecule has 2 aromatic rings. The average molecular weight is 390 g/mol. The lowest BCUT2D eigenvalue weighted by molar-refractivity contribution is 0.0690. The summed E-state index contributed by atoms with van der Waals surface area (Å²) in [5.41, 5.74) is 1.58. The number of hydrogen-bond donors (Lipinski definition) is 0. The molecule has 146 valence electrons. The highest BCUT2D eigenvalue weighted by molar-refractivity contribution is 7.91. The molecule has 1 fully saturated rings. The molecule has 0 N–H and O–H groups in total. The molecule has 0 aliphatic carbocycles. The van der Waals surface area contributed by atoms with Crippen LogP contribution in [0.3, 0.4) is 0 Å². The van der Waals surface area contributed by atoms with Crippen LogP contribution in [0.15, 0.2) is 48.8 Å². The monoisotopic (exact) mass is 389 g/mol. The third-order valence-corrected chi connectivity index (χ3v) is 6.68. The molecule has 1 aromatic heterocycles. The Kier molecular flexibility index (Phi) is 6.01. The van der Waals surface area contributed by atoms with Gasteiger partial charge in [-0.1, -0.05) is 0 Å². The van der Waals surface area contributed by atoms with Crippen molar-refractivity contribution in [3.8, 4) is 5.69 Å². The summed E-state index contributed by atoms with van der Waals surface area (Å²) in [5, 5.41) is 0. The Morgan fingerprint density at radius 3 is 2.33 bits per heavy atom. The maximum atomic E-state index is 13.1. The van der Waals surface area contributed by atoms with E-state index < -0.39 is 9.84 Å². The number of nitrogens with zero attached hydrogens (tertiary/aromatic N) is 3. The van der Waals surface area contributed by atoms with Gasteiger partial charge in [-0.25, -0.2) is 8.42 Å². The molecule has 0 saturated carbocycles. The Labute approximate surface area is 161 Å². The van der Waals surface area contributed by atoms with Gasteiger partial charge < -0.3 is 14.4 Å². The summed E-state index contributed by atoms with van der Waals surface area (Å²) in [5.74, 6) is 0.152. The summed E-state index contributed by atoms with van der Waals surface area (Å²) in [7, 11) is 0.943. The largest absolute Gasteiger partial charge is 0.335 e. The van der Waals surface area contributed by atoms with E-state index >= 15 is 0 Å². The second-order valence-electron chi connectivity index (χ2n) is 7.35. The predicted molar refractivity (Wildman–Crippen MR) is 107 cm³/mol. The van der Waals surface area contributed by atoms with Crippen LogP contribution in [0.25, 0.3) is 5.69 Å². The van der Waals surface area contributed by atoms with Crippen molar-refractivity contribution in [3.63, 3.8) is 0 Å². The lowest BCUT2D eigenvalue weighted by atomic mass is 10.1. The van der Waals surface area contributed by atoms with Gasteiger partial charge in [0.15, 0.2) is 9.84 Å². The lowest BCUT2D eigenvalue weighted by Gasteiger charge is -2.29. The highest BCUT2D eigenvalue weighted by Gasteiger charge is 2.34. The first-order valence-electron chi connectivity index (χ1n) is 9.25. The van der Waals surface area contributed by atoms with Crippen molar-refractivity contribution in [2.24, 2.45) is 0 Å². The summed E-state index contributed by atoms with van der Waals surface area (Å²) in [6.45, 7) is 1.42. The molecule has 6 nitrogen and oxygen atoms in total. The number of aromatic nitrogens is 1. The van der Waals surface area contributed by atoms with Gasteiger partial charge in [-0.2, -0.15) is 0 Å². The second-order valence-corrected chi connectivity index (χ2v) is 9.58. The summed E-state index contributed by atoms with van der Waals surface area (Å²) < 4.78 is 25.8. The van der Waals surface area contributed by atoms with E-state index in [1.165, 1.54) is 0 Å². The normalized spacial score (nSPS) is 18.7. The van der Waals surface area contributed by atoms with Gasteiger partial charge in [-0.15, -0.1) is 0 Å². The van der Waals surface area contributed by atoms with E-state index in [4.69, 9.17) is 0 Å². The van der Waals surface area contributed by atoms with Crippen LogP contribution in [0.2, 0.25) is 0 Å². The minimum absolute atomic E-state index is 0.0716. The number of carbonyl (C=O) groups is 1. The molecule has 2 heterocycles. The van der Waals surface area contributed by atoms with Crippen molar-refractivity contribution < 1.29 is 13.2 Å². The lowest BCUT2D eigenvalue weighted by Crippen LogP contribution is -2.42. The Morgan fingerprint density at radius 1 is 1.11 bits per heavy atom. The van der Waals surface area contributed by atoms with Crippen LogP contribution in [0, 0.1) is 0 Å². The molecule has 0 radical (unpaired) electrons. The molecule has 1 aliphatic heterocycles. The van der Waals surface area contributed by atoms with Gasteiger partial charge in [0, 0.05) is 36.2 Å². The van der Waals surface area contributed by atoms with E-state index in [0.29, 0.717) is 18.5 Å². The van der Waals surface area contributed by atoms with Gasteiger partial charge >= 0.3 is 0 Å². The number of benzene rings is 1. The Morgan fingerprint density at radius 2 is 1.78 bits per heavy atom. The minimum atomic E-state index is -3.04. The van der Waals surface area contributed by atoms with Crippen LogP contribution >= 0.6 is 0 Å². The SMILES string of the molecule is CN(C)CCCN(C(=O)c1ccc(-n2cccc2)cc1)C1CCS(=O)(=O)C1. The molecule has 0 spiro atoms. The molecule has 1 unspecified atom stereocenters. The minimum Gasteiger partial charge on any atom is -0.335 e. The molecule has 27 heavy (non-hydrogen) atoms. The van der Waals surface area contributed by atoms with Crippen molar-refractivity contribution in [1.82, 2.24) is 14.4 Å². The number of amides is 1. The summed E-state index contributed by atoms with van der Waals surface area (Å²) in [6.07, 6.45) is 5.25. The van der Waals surface area contributed by atoms with Gasteiger partial charge in [0.2, 0.25) is 0 Å². The standard InChI is InChI=1S/C20H27N3O3S/c1-21(2)11-5-14-23(19-10-15-27(25,26)16-19)20(24)17-6-8-18(9-7-17)22-12-3-4-13-22/h3-4,6-9,12-13,19H,5,10-11,14-16H2,1-2H3. The van der Waals surface area contributed by atoms with Crippen molar-refractivity contribution in [2.75, 3.05) is 38.7 Å². The topological polar surface area (TPSA) is 62.6 Å². The highest BCUT2D eigenvalue weighted by atomic mass is 32.2. The predicted octanol–water partition coefficient (Wildman–Crippen LogP) is 2.06. The van der Waals surface area contributed by atoms with Gasteiger partial charge in [-0.3, -0.25) is 4.79 Å². The number of sulfone groups is 1. The molecule has 1 saturated heterocycles. The molecule has 3 rings (SSSR count). The summed E-state index contributed by atoms with van der Waals surface area (Å²) in [6, 6.07) is 11.1. The molecule has 1 amide bonds. The quantitative estimate of drug-likeness (QED) is 0.727. The highest BCUT2D eigenvalue weighted by Crippen LogP contribution is 2.21. The number of rotatable bonds is 7. The first kappa shape index (κ1) is 19.6. The fourth-order valence-electron chi connectivity index (χ4n) is 3.48. The van der Waals surface area contributed by atoms with Gasteiger partial charge in [0.1, 0.15) is 0 Å². The molecule has 1 atom stereocenters. The molecule has 0 bridgehead atoms. The van der Waals surface area contributed by atoms with E-state index in [-0.39, 0.29) is 23.5 Å². The smallest absolute Gasteiger partial charge is 0.254 e. The van der Waals surface area contributed by atoms with Crippen molar-refractivity contribution in [2.45, 2.75) is 18.9 Å². The zero-order valence-corrected chi connectivity index (χ0v) is 16.7. The van der Waals surface area contributed by atoms with E-state index in [1.807, 2.05) is 67.5 Å². The first-order valence-corrected chi connectivity index (χ1v) is 11.1. The summed E-state index contributed by atoms with van der Waals surface area (Å²) >= 11 is 0. The van der Waals surface area contributed by atoms with Crippen LogP contribution in [-0.4, -0.2) is 73.4 Å². The van der Waals surface area contributed by atoms with Crippen molar-refractivity contribution >= 4 is 15.7 Å². The summed E-state index contributed by atoms with van der Waals surface area (Å²) in [4.78, 5) is 17.0. The fraction of sp³-hybridized carbons (Fsp3) is 0.450. The molecule has 1 aliphatic rings. The second kappa shape index (κ2) is 8.27. The van der Waals surface area contributed by atoms with E-state index in [9.17, 15) is 13.2 Å². The first-order chi connectivity index (χ1) is 12.9. The van der Waals surface area contributed by atoms with E-state index in [1.54, 1.807) is 4.90 Å². The maximum absolute atomic E-state index is 13.1. The van der Waals surface area contributed by atoms with Crippen LogP contribution in [0.4, 0.5) is 0 Å². The maximum Gasteiger partial charge on any atom is 0.254 e. The van der Waals surface area contributed by atoms with E-state index in [2.05, 4.69) is 4.90 Å². The Bertz CT molecular complexity index is 858. The van der Waals surface area contributed by atoms with Crippen LogP contribution in [-0.2, 0) is 9.84 Å². The molecule has 1 aromatic carbocycles. The Balaban J connectivity index is 1.77. The van der Waals surface area contributed by atoms with Crippen molar-refractivity contribution in [1.29, 1.82) is 0 Å². The van der Waals surface area contributed by atoms with Gasteiger partial charge in [-0.05, 0) is 69.9 Å². The average Bonchev–Trinajstić information content (AvgIpc) is 3.28. The molecule has 7 heteroatoms.